The van der Waals surface area contributed by atoms with Gasteiger partial charge in [-0.3, -0.25) is 10.00 Å². The number of aromatic nitrogens is 2. The number of aromatic amines is 1. The van der Waals surface area contributed by atoms with Crippen LogP contribution in [-0.4, -0.2) is 59.5 Å². The summed E-state index contributed by atoms with van der Waals surface area (Å²) in [6.07, 6.45) is 0. The number of hydrogen-bond acceptors (Lipinski definition) is 5. The van der Waals surface area contributed by atoms with Crippen molar-refractivity contribution in [3.05, 3.63) is 11.4 Å². The van der Waals surface area contributed by atoms with Crippen molar-refractivity contribution in [2.24, 2.45) is 5.73 Å². The van der Waals surface area contributed by atoms with Crippen LogP contribution in [0.1, 0.15) is 32.2 Å². The van der Waals surface area contributed by atoms with E-state index in [1.54, 1.807) is 6.92 Å². The number of sulfonamides is 1. The lowest BCUT2D eigenvalue weighted by atomic mass is 10.1. The lowest BCUT2D eigenvalue weighted by Gasteiger charge is -2.41. The molecule has 1 aliphatic heterocycles. The van der Waals surface area contributed by atoms with Gasteiger partial charge in [-0.15, -0.1) is 0 Å². The predicted molar refractivity (Wildman–Crippen MR) is 81.3 cm³/mol. The number of nitrogens with two attached hydrogens (primary N) is 1. The topological polar surface area (TPSA) is 95.3 Å². The Morgan fingerprint density at radius 3 is 2.29 bits per heavy atom. The van der Waals surface area contributed by atoms with Crippen LogP contribution in [0.2, 0.25) is 0 Å². The largest absolute Gasteiger partial charge is 0.325 e. The summed E-state index contributed by atoms with van der Waals surface area (Å²) < 4.78 is 27.1. The molecule has 0 unspecified atom stereocenters. The van der Waals surface area contributed by atoms with E-state index in [1.807, 2.05) is 0 Å². The minimum absolute atomic E-state index is 0.0594. The zero-order valence-electron chi connectivity index (χ0n) is 13.2. The number of rotatable bonds is 3. The molecule has 0 spiro atoms. The first-order valence-corrected chi connectivity index (χ1v) is 8.61. The Morgan fingerprint density at radius 1 is 1.24 bits per heavy atom. The van der Waals surface area contributed by atoms with E-state index in [2.05, 4.69) is 35.9 Å². The first-order valence-electron chi connectivity index (χ1n) is 7.17. The average molecular weight is 315 g/mol. The Hall–Kier alpha value is -0.960. The highest BCUT2D eigenvalue weighted by Gasteiger charge is 2.34. The Kier molecular flexibility index (Phi) is 4.44. The Balaban J connectivity index is 2.21. The number of nitrogens with one attached hydrogen (secondary N) is 1. The van der Waals surface area contributed by atoms with Gasteiger partial charge in [0.25, 0.3) is 0 Å². The second kappa shape index (κ2) is 5.68. The molecule has 1 fully saturated rings. The molecular weight excluding hydrogens is 290 g/mol. The summed E-state index contributed by atoms with van der Waals surface area (Å²) in [5.41, 5.74) is 6.61. The zero-order chi connectivity index (χ0) is 15.8. The van der Waals surface area contributed by atoms with Gasteiger partial charge in [-0.05, 0) is 27.7 Å². The van der Waals surface area contributed by atoms with Crippen molar-refractivity contribution >= 4 is 10.0 Å². The monoisotopic (exact) mass is 315 g/mol. The van der Waals surface area contributed by atoms with E-state index in [1.165, 1.54) is 4.31 Å². The van der Waals surface area contributed by atoms with Gasteiger partial charge in [0, 0.05) is 38.3 Å². The summed E-state index contributed by atoms with van der Waals surface area (Å²) >= 11 is 0. The normalized spacial score (nSPS) is 19.1. The van der Waals surface area contributed by atoms with Crippen LogP contribution in [0.5, 0.6) is 0 Å². The Bertz CT molecular complexity index is 595. The van der Waals surface area contributed by atoms with E-state index >= 15 is 0 Å². The van der Waals surface area contributed by atoms with Gasteiger partial charge in [0.15, 0.2) is 0 Å². The molecule has 0 aliphatic carbocycles. The van der Waals surface area contributed by atoms with E-state index in [4.69, 9.17) is 5.73 Å². The molecule has 1 saturated heterocycles. The van der Waals surface area contributed by atoms with Crippen molar-refractivity contribution in [3.63, 3.8) is 0 Å². The van der Waals surface area contributed by atoms with Gasteiger partial charge in [-0.25, -0.2) is 8.42 Å². The van der Waals surface area contributed by atoms with Crippen LogP contribution >= 0.6 is 0 Å². The van der Waals surface area contributed by atoms with Gasteiger partial charge in [-0.2, -0.15) is 9.40 Å². The third kappa shape index (κ3) is 3.13. The van der Waals surface area contributed by atoms with Crippen LogP contribution in [0.3, 0.4) is 0 Å². The first kappa shape index (κ1) is 16.4. The van der Waals surface area contributed by atoms with Crippen LogP contribution in [0, 0.1) is 6.92 Å². The Morgan fingerprint density at radius 2 is 1.81 bits per heavy atom. The van der Waals surface area contributed by atoms with Gasteiger partial charge in [0.1, 0.15) is 4.90 Å². The molecule has 0 atom stereocenters. The molecule has 7 nitrogen and oxygen atoms in total. The van der Waals surface area contributed by atoms with Crippen LogP contribution < -0.4 is 5.73 Å². The highest BCUT2D eigenvalue weighted by molar-refractivity contribution is 7.89. The quantitative estimate of drug-likeness (QED) is 0.835. The predicted octanol–water partition coefficient (Wildman–Crippen LogP) is 0.282. The number of H-pyrrole nitrogens is 1. The average Bonchev–Trinajstić information content (AvgIpc) is 2.79. The summed E-state index contributed by atoms with van der Waals surface area (Å²) in [5.74, 6) is 0. The fraction of sp³-hybridized carbons (Fsp3) is 0.769. The molecule has 3 N–H and O–H groups in total. The summed E-state index contributed by atoms with van der Waals surface area (Å²) in [4.78, 5) is 2.54. The maximum absolute atomic E-state index is 12.8. The van der Waals surface area contributed by atoms with Crippen molar-refractivity contribution in [1.82, 2.24) is 19.4 Å². The smallest absolute Gasteiger partial charge is 0.246 e. The number of nitrogens with zero attached hydrogens (tertiary/aromatic N) is 3. The summed E-state index contributed by atoms with van der Waals surface area (Å²) in [6, 6.07) is 0. The molecule has 2 rings (SSSR count). The second-order valence-electron chi connectivity index (χ2n) is 6.39. The summed E-state index contributed by atoms with van der Waals surface area (Å²) in [6.45, 7) is 10.7. The lowest BCUT2D eigenvalue weighted by Crippen LogP contribution is -2.54. The van der Waals surface area contributed by atoms with E-state index in [9.17, 15) is 8.42 Å². The van der Waals surface area contributed by atoms with Gasteiger partial charge < -0.3 is 5.73 Å². The molecule has 0 amide bonds. The summed E-state index contributed by atoms with van der Waals surface area (Å²) in [7, 11) is -3.53. The van der Waals surface area contributed by atoms with Crippen molar-refractivity contribution in [3.8, 4) is 0 Å². The molecule has 120 valence electrons. The van der Waals surface area contributed by atoms with Crippen LogP contribution in [0.25, 0.3) is 0 Å². The van der Waals surface area contributed by atoms with E-state index in [0.717, 1.165) is 13.1 Å². The molecule has 21 heavy (non-hydrogen) atoms. The fourth-order valence-corrected chi connectivity index (χ4v) is 4.44. The molecule has 2 heterocycles. The van der Waals surface area contributed by atoms with Gasteiger partial charge in [0.2, 0.25) is 10.0 Å². The SMILES string of the molecule is Cc1[nH]nc(CN)c1S(=O)(=O)N1CCN(C(C)(C)C)CC1. The van der Waals surface area contributed by atoms with Gasteiger partial charge >= 0.3 is 0 Å². The minimum atomic E-state index is -3.53. The molecule has 0 bridgehead atoms. The van der Waals surface area contributed by atoms with E-state index in [-0.39, 0.29) is 17.0 Å². The van der Waals surface area contributed by atoms with Crippen LogP contribution in [0.15, 0.2) is 4.90 Å². The molecule has 8 heteroatoms. The standard InChI is InChI=1S/C13H25N5O2S/c1-10-12(11(9-14)16-15-10)21(19,20)18-7-5-17(6-8-18)13(2,3)4/h5-9,14H2,1-4H3,(H,15,16). The first-order chi connectivity index (χ1) is 9.67. The Labute approximate surface area is 126 Å². The molecule has 1 aliphatic rings. The molecular formula is C13H25N5O2S. The van der Waals surface area contributed by atoms with Crippen molar-refractivity contribution in [1.29, 1.82) is 0 Å². The number of piperazine rings is 1. The fourth-order valence-electron chi connectivity index (χ4n) is 2.68. The van der Waals surface area contributed by atoms with E-state index < -0.39 is 10.0 Å². The van der Waals surface area contributed by atoms with Gasteiger partial charge in [-0.1, -0.05) is 0 Å². The van der Waals surface area contributed by atoms with Crippen LogP contribution in [0.4, 0.5) is 0 Å². The molecule has 0 radical (unpaired) electrons. The highest BCUT2D eigenvalue weighted by Crippen LogP contribution is 2.24. The minimum Gasteiger partial charge on any atom is -0.325 e. The maximum atomic E-state index is 12.8. The van der Waals surface area contributed by atoms with Crippen LogP contribution in [-0.2, 0) is 16.6 Å². The lowest BCUT2D eigenvalue weighted by molar-refractivity contribution is 0.0921. The van der Waals surface area contributed by atoms with Crippen molar-refractivity contribution in [2.45, 2.75) is 44.7 Å². The maximum Gasteiger partial charge on any atom is 0.246 e. The third-order valence-electron chi connectivity index (χ3n) is 3.94. The summed E-state index contributed by atoms with van der Waals surface area (Å²) in [5, 5.41) is 6.70. The van der Waals surface area contributed by atoms with Crippen molar-refractivity contribution in [2.75, 3.05) is 26.2 Å². The third-order valence-corrected chi connectivity index (χ3v) is 6.04. The molecule has 0 aromatic carbocycles. The molecule has 1 aromatic rings. The highest BCUT2D eigenvalue weighted by atomic mass is 32.2. The second-order valence-corrected chi connectivity index (χ2v) is 8.27. The van der Waals surface area contributed by atoms with Crippen molar-refractivity contribution < 1.29 is 8.42 Å². The molecule has 0 saturated carbocycles. The number of hydrogen-bond donors (Lipinski definition) is 2. The van der Waals surface area contributed by atoms with Gasteiger partial charge in [0.05, 0.1) is 11.4 Å². The van der Waals surface area contributed by atoms with E-state index in [0.29, 0.717) is 24.5 Å². The zero-order valence-corrected chi connectivity index (χ0v) is 14.0. The number of aryl methyl sites for hydroxylation is 1. The molecule has 1 aromatic heterocycles.